The molecule has 0 saturated heterocycles. The van der Waals surface area contributed by atoms with E-state index in [2.05, 4.69) is 20.6 Å². The molecule has 0 fully saturated rings. The number of anilines is 1. The quantitative estimate of drug-likeness (QED) is 0.570. The molecular weight excluding hydrogens is 364 g/mol. The number of benzene rings is 2. The van der Waals surface area contributed by atoms with Crippen molar-refractivity contribution in [1.82, 2.24) is 24.5 Å². The molecule has 2 aromatic heterocycles. The van der Waals surface area contributed by atoms with E-state index >= 15 is 0 Å². The summed E-state index contributed by atoms with van der Waals surface area (Å²) in [6.45, 7) is 3.93. The van der Waals surface area contributed by atoms with Crippen LogP contribution in [0.4, 0.5) is 5.69 Å². The lowest BCUT2D eigenvalue weighted by molar-refractivity contribution is -0.115. The third-order valence-electron chi connectivity index (χ3n) is 4.92. The van der Waals surface area contributed by atoms with Crippen LogP contribution in [0.3, 0.4) is 0 Å². The molecule has 0 unspecified atom stereocenters. The van der Waals surface area contributed by atoms with Gasteiger partial charge in [-0.15, -0.1) is 10.2 Å². The zero-order valence-corrected chi connectivity index (χ0v) is 16.6. The minimum absolute atomic E-state index is 0.0739. The summed E-state index contributed by atoms with van der Waals surface area (Å²) in [6.07, 6.45) is 1.93. The molecule has 0 atom stereocenters. The van der Waals surface area contributed by atoms with Gasteiger partial charge in [-0.05, 0) is 50.2 Å². The van der Waals surface area contributed by atoms with Crippen molar-refractivity contribution in [2.24, 2.45) is 7.05 Å². The van der Waals surface area contributed by atoms with Crippen molar-refractivity contribution in [3.8, 4) is 17.1 Å². The summed E-state index contributed by atoms with van der Waals surface area (Å²) in [7, 11) is 1.89. The average molecular weight is 386 g/mol. The second-order valence-electron chi connectivity index (χ2n) is 6.96. The van der Waals surface area contributed by atoms with Gasteiger partial charge in [0.15, 0.2) is 5.82 Å². The first-order valence-corrected chi connectivity index (χ1v) is 9.37. The largest absolute Gasteiger partial charge is 0.326 e. The molecule has 2 aromatic carbocycles. The molecule has 7 heteroatoms. The first kappa shape index (κ1) is 18.6. The maximum Gasteiger partial charge on any atom is 0.228 e. The number of nitrogens with zero attached hydrogens (tertiary/aromatic N) is 5. The maximum atomic E-state index is 12.6. The molecular formula is C22H22N6O. The fourth-order valence-electron chi connectivity index (χ4n) is 3.36. The Labute approximate surface area is 169 Å². The predicted octanol–water partition coefficient (Wildman–Crippen LogP) is 3.47. The van der Waals surface area contributed by atoms with Gasteiger partial charge in [-0.3, -0.25) is 4.79 Å². The highest BCUT2D eigenvalue weighted by molar-refractivity contribution is 5.92. The number of carbonyl (C=O) groups is 1. The molecule has 0 radical (unpaired) electrons. The van der Waals surface area contributed by atoms with Crippen LogP contribution in [0.25, 0.3) is 17.1 Å². The highest BCUT2D eigenvalue weighted by Gasteiger charge is 2.16. The van der Waals surface area contributed by atoms with E-state index in [4.69, 9.17) is 0 Å². The molecule has 4 rings (SSSR count). The lowest BCUT2D eigenvalue weighted by Gasteiger charge is -2.08. The van der Waals surface area contributed by atoms with E-state index in [0.29, 0.717) is 0 Å². The van der Waals surface area contributed by atoms with Crippen molar-refractivity contribution in [3.05, 3.63) is 77.9 Å². The summed E-state index contributed by atoms with van der Waals surface area (Å²) in [6, 6.07) is 17.5. The predicted molar refractivity (Wildman–Crippen MR) is 112 cm³/mol. The van der Waals surface area contributed by atoms with Gasteiger partial charge < -0.3 is 9.88 Å². The summed E-state index contributed by atoms with van der Waals surface area (Å²) in [5.41, 5.74) is 5.45. The van der Waals surface area contributed by atoms with Gasteiger partial charge in [-0.1, -0.05) is 18.2 Å². The summed E-state index contributed by atoms with van der Waals surface area (Å²) >= 11 is 0. The van der Waals surface area contributed by atoms with Gasteiger partial charge in [0.2, 0.25) is 5.91 Å². The second-order valence-corrected chi connectivity index (χ2v) is 6.96. The van der Waals surface area contributed by atoms with Crippen molar-refractivity contribution in [2.45, 2.75) is 20.3 Å². The smallest absolute Gasteiger partial charge is 0.228 e. The summed E-state index contributed by atoms with van der Waals surface area (Å²) in [4.78, 5) is 12.6. The summed E-state index contributed by atoms with van der Waals surface area (Å²) in [5, 5.41) is 15.6. The molecule has 29 heavy (non-hydrogen) atoms. The highest BCUT2D eigenvalue weighted by Crippen LogP contribution is 2.21. The van der Waals surface area contributed by atoms with Crippen LogP contribution in [0.5, 0.6) is 0 Å². The van der Waals surface area contributed by atoms with Gasteiger partial charge in [-0.25, -0.2) is 4.68 Å². The third-order valence-corrected chi connectivity index (χ3v) is 4.92. The van der Waals surface area contributed by atoms with E-state index in [-0.39, 0.29) is 12.3 Å². The van der Waals surface area contributed by atoms with Crippen LogP contribution in [0.15, 0.2) is 60.9 Å². The number of amides is 1. The molecule has 0 aliphatic rings. The fraction of sp³-hybridized carbons (Fsp3) is 0.182. The SMILES string of the molecule is Cc1nn(-c2ccccc2)c(C)c1CC(=O)Nc1ccc(-c2nncn2C)cc1. The van der Waals surface area contributed by atoms with E-state index in [0.717, 1.165) is 39.7 Å². The maximum absolute atomic E-state index is 12.6. The van der Waals surface area contributed by atoms with E-state index in [9.17, 15) is 4.79 Å². The summed E-state index contributed by atoms with van der Waals surface area (Å²) < 4.78 is 3.73. The first-order valence-electron chi connectivity index (χ1n) is 9.37. The minimum atomic E-state index is -0.0739. The fourth-order valence-corrected chi connectivity index (χ4v) is 3.36. The molecule has 146 valence electrons. The van der Waals surface area contributed by atoms with E-state index < -0.39 is 0 Å². The Morgan fingerprint density at radius 2 is 1.76 bits per heavy atom. The minimum Gasteiger partial charge on any atom is -0.326 e. The van der Waals surface area contributed by atoms with Crippen molar-refractivity contribution < 1.29 is 4.79 Å². The molecule has 1 amide bonds. The van der Waals surface area contributed by atoms with Crippen LogP contribution < -0.4 is 5.32 Å². The van der Waals surface area contributed by atoms with E-state index in [1.807, 2.05) is 84.7 Å². The molecule has 7 nitrogen and oxygen atoms in total. The van der Waals surface area contributed by atoms with Crippen LogP contribution in [-0.2, 0) is 18.3 Å². The Kier molecular flexibility index (Phi) is 4.95. The van der Waals surface area contributed by atoms with Crippen LogP contribution in [-0.4, -0.2) is 30.5 Å². The monoisotopic (exact) mass is 386 g/mol. The van der Waals surface area contributed by atoms with Crippen molar-refractivity contribution in [2.75, 3.05) is 5.32 Å². The number of hydrogen-bond acceptors (Lipinski definition) is 4. The number of carbonyl (C=O) groups excluding carboxylic acids is 1. The Hall–Kier alpha value is -3.74. The highest BCUT2D eigenvalue weighted by atomic mass is 16.1. The zero-order valence-electron chi connectivity index (χ0n) is 16.6. The van der Waals surface area contributed by atoms with Gasteiger partial charge >= 0.3 is 0 Å². The average Bonchev–Trinajstić information content (AvgIpc) is 3.27. The van der Waals surface area contributed by atoms with Crippen molar-refractivity contribution in [1.29, 1.82) is 0 Å². The van der Waals surface area contributed by atoms with Crippen molar-refractivity contribution in [3.63, 3.8) is 0 Å². The van der Waals surface area contributed by atoms with E-state index in [1.165, 1.54) is 0 Å². The molecule has 0 spiro atoms. The Morgan fingerprint density at radius 3 is 2.41 bits per heavy atom. The standard InChI is InChI=1S/C22H22N6O/c1-15-20(16(2)28(26-15)19-7-5-4-6-8-19)13-21(29)24-18-11-9-17(10-12-18)22-25-23-14-27(22)3/h4-12,14H,13H2,1-3H3,(H,24,29). The Bertz CT molecular complexity index is 1140. The van der Waals surface area contributed by atoms with Gasteiger partial charge in [0.1, 0.15) is 6.33 Å². The van der Waals surface area contributed by atoms with Crippen LogP contribution in [0, 0.1) is 13.8 Å². The van der Waals surface area contributed by atoms with Gasteiger partial charge in [-0.2, -0.15) is 5.10 Å². The van der Waals surface area contributed by atoms with Gasteiger partial charge in [0.25, 0.3) is 0 Å². The number of aryl methyl sites for hydroxylation is 2. The molecule has 1 N–H and O–H groups in total. The topological polar surface area (TPSA) is 77.6 Å². The first-order chi connectivity index (χ1) is 14.0. The van der Waals surface area contributed by atoms with Crippen molar-refractivity contribution >= 4 is 11.6 Å². The van der Waals surface area contributed by atoms with Gasteiger partial charge in [0, 0.05) is 29.6 Å². The number of nitrogens with one attached hydrogen (secondary N) is 1. The van der Waals surface area contributed by atoms with Crippen LogP contribution >= 0.6 is 0 Å². The molecule has 0 saturated carbocycles. The second kappa shape index (κ2) is 7.71. The molecule has 4 aromatic rings. The number of rotatable bonds is 5. The molecule has 0 bridgehead atoms. The normalized spacial score (nSPS) is 10.9. The van der Waals surface area contributed by atoms with E-state index in [1.54, 1.807) is 6.33 Å². The summed E-state index contributed by atoms with van der Waals surface area (Å²) in [5.74, 6) is 0.706. The lowest BCUT2D eigenvalue weighted by atomic mass is 10.1. The third kappa shape index (κ3) is 3.80. The Balaban J connectivity index is 1.48. The number of aromatic nitrogens is 5. The lowest BCUT2D eigenvalue weighted by Crippen LogP contribution is -2.15. The van der Waals surface area contributed by atoms with Gasteiger partial charge in [0.05, 0.1) is 17.8 Å². The number of hydrogen-bond donors (Lipinski definition) is 1. The molecule has 0 aliphatic heterocycles. The zero-order chi connectivity index (χ0) is 20.4. The van der Waals surface area contributed by atoms with Crippen LogP contribution in [0.1, 0.15) is 17.0 Å². The molecule has 2 heterocycles. The van der Waals surface area contributed by atoms with Crippen LogP contribution in [0.2, 0.25) is 0 Å². The number of para-hydroxylation sites is 1. The molecule has 0 aliphatic carbocycles. The Morgan fingerprint density at radius 1 is 1.03 bits per heavy atom.